The maximum absolute atomic E-state index is 11.5. The fourth-order valence-electron chi connectivity index (χ4n) is 2.57. The third kappa shape index (κ3) is 3.54. The van der Waals surface area contributed by atoms with Crippen LogP contribution in [-0.2, 0) is 6.54 Å². The summed E-state index contributed by atoms with van der Waals surface area (Å²) in [5, 5.41) is 19.4. The minimum absolute atomic E-state index is 0.0304. The van der Waals surface area contributed by atoms with E-state index in [0.717, 1.165) is 0 Å². The molecule has 6 N–H and O–H groups in total. The zero-order valence-electron chi connectivity index (χ0n) is 14.4. The topological polar surface area (TPSA) is 143 Å². The van der Waals surface area contributed by atoms with E-state index in [9.17, 15) is 9.90 Å². The predicted octanol–water partition coefficient (Wildman–Crippen LogP) is 2.15. The number of guanidine groups is 1. The summed E-state index contributed by atoms with van der Waals surface area (Å²) in [7, 11) is 4.47. The van der Waals surface area contributed by atoms with Gasteiger partial charge < -0.3 is 35.4 Å². The van der Waals surface area contributed by atoms with E-state index in [2.05, 4.69) is 26.2 Å². The number of aromatic nitrogens is 1. The van der Waals surface area contributed by atoms with Crippen molar-refractivity contribution >= 4 is 27.9 Å². The number of aromatic carboxylic acids is 1. The van der Waals surface area contributed by atoms with E-state index in [1.807, 2.05) is 0 Å². The van der Waals surface area contributed by atoms with Crippen LogP contribution >= 0.6 is 15.9 Å². The Morgan fingerprint density at radius 1 is 1.27 bits per heavy atom. The Kier molecular flexibility index (Phi) is 5.98. The number of aromatic amines is 1. The van der Waals surface area contributed by atoms with Crippen molar-refractivity contribution in [1.82, 2.24) is 10.3 Å². The first-order chi connectivity index (χ1) is 12.3. The number of halogens is 1. The molecule has 0 saturated heterocycles. The molecule has 140 valence electrons. The standard InChI is InChI=1S/C16H19BrN4O5/c1-24-9-5-4-7(13(25-2)14(9)26-3)10-8(6-20-16(18)19)21-12(11(10)17)15(22)23/h4-5,21H,6H2,1-3H3,(H,22,23)(H4,18,19,20). The number of hydrogen-bond donors (Lipinski definition) is 5. The molecule has 9 nitrogen and oxygen atoms in total. The number of hydrogen-bond acceptors (Lipinski definition) is 5. The monoisotopic (exact) mass is 426 g/mol. The number of carbonyl (C=O) groups is 1. The summed E-state index contributed by atoms with van der Waals surface area (Å²) in [4.78, 5) is 14.3. The molecule has 0 aliphatic heterocycles. The van der Waals surface area contributed by atoms with Gasteiger partial charge >= 0.3 is 5.97 Å². The summed E-state index contributed by atoms with van der Waals surface area (Å²) in [6.07, 6.45) is 0. The van der Waals surface area contributed by atoms with E-state index < -0.39 is 5.97 Å². The SMILES string of the molecule is COc1ccc(-c2c(CNC(=N)N)[nH]c(C(=O)O)c2Br)c(OC)c1OC. The lowest BCUT2D eigenvalue weighted by molar-refractivity contribution is 0.0690. The van der Waals surface area contributed by atoms with Gasteiger partial charge in [0.05, 0.1) is 32.3 Å². The van der Waals surface area contributed by atoms with Crippen molar-refractivity contribution in [2.24, 2.45) is 5.73 Å². The normalized spacial score (nSPS) is 10.3. The number of methoxy groups -OCH3 is 3. The number of nitrogens with two attached hydrogens (primary N) is 1. The second-order valence-corrected chi connectivity index (χ2v) is 5.91. The van der Waals surface area contributed by atoms with Crippen molar-refractivity contribution in [2.45, 2.75) is 6.54 Å². The van der Waals surface area contributed by atoms with Crippen LogP contribution in [-0.4, -0.2) is 43.3 Å². The summed E-state index contributed by atoms with van der Waals surface area (Å²) in [5.74, 6) is -0.137. The molecule has 1 heterocycles. The van der Waals surface area contributed by atoms with Gasteiger partial charge in [-0.05, 0) is 28.1 Å². The van der Waals surface area contributed by atoms with Gasteiger partial charge in [0.15, 0.2) is 17.5 Å². The third-order valence-electron chi connectivity index (χ3n) is 3.66. The van der Waals surface area contributed by atoms with Gasteiger partial charge in [0, 0.05) is 16.8 Å². The number of nitrogens with one attached hydrogen (secondary N) is 3. The first kappa shape index (κ1) is 19.4. The lowest BCUT2D eigenvalue weighted by atomic mass is 10.0. The zero-order valence-corrected chi connectivity index (χ0v) is 16.0. The van der Waals surface area contributed by atoms with Crippen molar-refractivity contribution < 1.29 is 24.1 Å². The minimum Gasteiger partial charge on any atom is -0.493 e. The molecule has 1 aromatic heterocycles. The largest absolute Gasteiger partial charge is 0.493 e. The smallest absolute Gasteiger partial charge is 0.353 e. The number of H-pyrrole nitrogens is 1. The molecule has 10 heteroatoms. The van der Waals surface area contributed by atoms with Gasteiger partial charge in [0.25, 0.3) is 0 Å². The molecule has 26 heavy (non-hydrogen) atoms. The Morgan fingerprint density at radius 2 is 1.92 bits per heavy atom. The van der Waals surface area contributed by atoms with Crippen LogP contribution in [0.4, 0.5) is 0 Å². The van der Waals surface area contributed by atoms with Gasteiger partial charge in [-0.2, -0.15) is 0 Å². The molecular formula is C16H19BrN4O5. The quantitative estimate of drug-likeness (QED) is 0.337. The molecular weight excluding hydrogens is 408 g/mol. The van der Waals surface area contributed by atoms with Gasteiger partial charge in [0.2, 0.25) is 5.75 Å². The number of carboxylic acids is 1. The summed E-state index contributed by atoms with van der Waals surface area (Å²) in [5.41, 5.74) is 6.96. The van der Waals surface area contributed by atoms with Crippen LogP contribution in [0.3, 0.4) is 0 Å². The second kappa shape index (κ2) is 8.00. The van der Waals surface area contributed by atoms with Crippen LogP contribution in [0.2, 0.25) is 0 Å². The summed E-state index contributed by atoms with van der Waals surface area (Å²) in [6.45, 7) is 0.119. The fraction of sp³-hybridized carbons (Fsp3) is 0.250. The summed E-state index contributed by atoms with van der Waals surface area (Å²) in [6, 6.07) is 3.43. The average molecular weight is 427 g/mol. The molecule has 0 amide bonds. The van der Waals surface area contributed by atoms with Crippen LogP contribution in [0.25, 0.3) is 11.1 Å². The Labute approximate surface area is 158 Å². The first-order valence-corrected chi connectivity index (χ1v) is 8.15. The molecule has 0 radical (unpaired) electrons. The van der Waals surface area contributed by atoms with Gasteiger partial charge in [-0.1, -0.05) is 0 Å². The Morgan fingerprint density at radius 3 is 2.42 bits per heavy atom. The van der Waals surface area contributed by atoms with E-state index in [1.165, 1.54) is 21.3 Å². The van der Waals surface area contributed by atoms with Crippen molar-refractivity contribution in [3.8, 4) is 28.4 Å². The molecule has 1 aromatic carbocycles. The number of ether oxygens (including phenoxy) is 3. The number of rotatable bonds is 7. The van der Waals surface area contributed by atoms with E-state index in [0.29, 0.717) is 38.5 Å². The van der Waals surface area contributed by atoms with Gasteiger partial charge in [-0.25, -0.2) is 4.79 Å². The molecule has 2 rings (SSSR count). The highest BCUT2D eigenvalue weighted by Crippen LogP contribution is 2.47. The second-order valence-electron chi connectivity index (χ2n) is 5.12. The van der Waals surface area contributed by atoms with Crippen LogP contribution in [0.5, 0.6) is 17.2 Å². The van der Waals surface area contributed by atoms with Crippen LogP contribution < -0.4 is 25.3 Å². The predicted molar refractivity (Wildman–Crippen MR) is 99.3 cm³/mol. The summed E-state index contributed by atoms with van der Waals surface area (Å²) >= 11 is 3.34. The molecule has 0 unspecified atom stereocenters. The highest BCUT2D eigenvalue weighted by Gasteiger charge is 2.26. The maximum atomic E-state index is 11.5. The average Bonchev–Trinajstić information content (AvgIpc) is 2.94. The highest BCUT2D eigenvalue weighted by atomic mass is 79.9. The van der Waals surface area contributed by atoms with E-state index in [1.54, 1.807) is 12.1 Å². The molecule has 0 aliphatic rings. The molecule has 0 aliphatic carbocycles. The van der Waals surface area contributed by atoms with Crippen LogP contribution in [0, 0.1) is 5.41 Å². The van der Waals surface area contributed by atoms with Crippen LogP contribution in [0.1, 0.15) is 16.2 Å². The third-order valence-corrected chi connectivity index (χ3v) is 4.45. The first-order valence-electron chi connectivity index (χ1n) is 7.36. The van der Waals surface area contributed by atoms with Crippen molar-refractivity contribution in [3.63, 3.8) is 0 Å². The molecule has 2 aromatic rings. The molecule has 0 bridgehead atoms. The van der Waals surface area contributed by atoms with Gasteiger partial charge in [0.1, 0.15) is 5.69 Å². The lowest BCUT2D eigenvalue weighted by Gasteiger charge is -2.16. The Hall–Kier alpha value is -2.88. The Bertz CT molecular complexity index is 850. The van der Waals surface area contributed by atoms with Crippen molar-refractivity contribution in [2.75, 3.05) is 21.3 Å². The van der Waals surface area contributed by atoms with E-state index in [4.69, 9.17) is 25.4 Å². The highest BCUT2D eigenvalue weighted by molar-refractivity contribution is 9.10. The maximum Gasteiger partial charge on any atom is 0.353 e. The summed E-state index contributed by atoms with van der Waals surface area (Å²) < 4.78 is 16.5. The van der Waals surface area contributed by atoms with Crippen LogP contribution in [0.15, 0.2) is 16.6 Å². The van der Waals surface area contributed by atoms with E-state index >= 15 is 0 Å². The molecule has 0 atom stereocenters. The molecule has 0 fully saturated rings. The fourth-order valence-corrected chi connectivity index (χ4v) is 3.29. The molecule has 0 saturated carbocycles. The van der Waals surface area contributed by atoms with Crippen molar-refractivity contribution in [3.05, 3.63) is 28.0 Å². The minimum atomic E-state index is -1.13. The Balaban J connectivity index is 2.74. The number of carboxylic acid groups (broad SMARTS) is 1. The number of benzene rings is 1. The van der Waals surface area contributed by atoms with Gasteiger partial charge in [-0.15, -0.1) is 0 Å². The van der Waals surface area contributed by atoms with Gasteiger partial charge in [-0.3, -0.25) is 5.41 Å². The molecule has 0 spiro atoms. The van der Waals surface area contributed by atoms with E-state index in [-0.39, 0.29) is 18.2 Å². The van der Waals surface area contributed by atoms with Crippen molar-refractivity contribution in [1.29, 1.82) is 5.41 Å². The lowest BCUT2D eigenvalue weighted by Crippen LogP contribution is -2.29. The zero-order chi connectivity index (χ0) is 19.4.